The highest BCUT2D eigenvalue weighted by atomic mass is 32.2. The van der Waals surface area contributed by atoms with Crippen molar-refractivity contribution >= 4 is 10.0 Å². The van der Waals surface area contributed by atoms with Crippen LogP contribution in [0.5, 0.6) is 0 Å². The maximum absolute atomic E-state index is 12.3. The zero-order valence-electron chi connectivity index (χ0n) is 12.3. The maximum atomic E-state index is 12.3. The minimum atomic E-state index is -3.49. The lowest BCUT2D eigenvalue weighted by Crippen LogP contribution is -2.29. The summed E-state index contributed by atoms with van der Waals surface area (Å²) in [6.45, 7) is 6.31. The zero-order chi connectivity index (χ0) is 14.9. The summed E-state index contributed by atoms with van der Waals surface area (Å²) in [5.41, 5.74) is 0.621. The molecule has 0 spiro atoms. The molecule has 1 fully saturated rings. The molecular weight excluding hydrogens is 276 g/mol. The highest BCUT2D eigenvalue weighted by Crippen LogP contribution is 2.36. The number of nitrogens with one attached hydrogen (secondary N) is 1. The van der Waals surface area contributed by atoms with Crippen molar-refractivity contribution < 1.29 is 13.5 Å². The molecule has 1 atom stereocenters. The number of nitrogens with zero attached hydrogens (tertiary/aromatic N) is 1. The molecular formula is C14H24N2O3S. The standard InChI is InChI=1S/C14H24N2O3S/c1-10(2)16-8-14(6-13(16)9-17)20(18,19)15-7-11(3)12-4-5-12/h6,8,10-12,15,17H,4-5,7,9H2,1-3H3. The summed E-state index contributed by atoms with van der Waals surface area (Å²) in [4.78, 5) is 0.234. The van der Waals surface area contributed by atoms with Crippen molar-refractivity contribution in [1.29, 1.82) is 0 Å². The van der Waals surface area contributed by atoms with Crippen LogP contribution in [-0.2, 0) is 16.6 Å². The lowest BCUT2D eigenvalue weighted by molar-refractivity contribution is 0.268. The van der Waals surface area contributed by atoms with Gasteiger partial charge in [0.05, 0.1) is 11.5 Å². The molecule has 114 valence electrons. The van der Waals surface area contributed by atoms with Crippen LogP contribution in [0.25, 0.3) is 0 Å². The Kier molecular flexibility index (Phi) is 4.56. The molecule has 0 radical (unpaired) electrons. The fourth-order valence-corrected chi connectivity index (χ4v) is 3.60. The molecule has 1 heterocycles. The van der Waals surface area contributed by atoms with E-state index in [1.54, 1.807) is 16.8 Å². The number of aliphatic hydroxyl groups excluding tert-OH is 1. The van der Waals surface area contributed by atoms with Gasteiger partial charge in [-0.05, 0) is 44.6 Å². The quantitative estimate of drug-likeness (QED) is 0.807. The number of sulfonamides is 1. The summed E-state index contributed by atoms with van der Waals surface area (Å²) in [5, 5.41) is 9.31. The molecule has 0 aliphatic heterocycles. The molecule has 6 heteroatoms. The second-order valence-corrected chi connectivity index (χ2v) is 7.76. The van der Waals surface area contributed by atoms with Crippen LogP contribution in [-0.4, -0.2) is 24.6 Å². The normalized spacial score (nSPS) is 17.6. The SMILES string of the molecule is CC(CNS(=O)(=O)c1cc(CO)n(C(C)C)c1)C1CC1. The van der Waals surface area contributed by atoms with Gasteiger partial charge in [0, 0.05) is 24.5 Å². The second kappa shape index (κ2) is 5.87. The van der Waals surface area contributed by atoms with Crippen molar-refractivity contribution in [2.45, 2.75) is 51.2 Å². The first-order valence-corrected chi connectivity index (χ1v) is 8.64. The van der Waals surface area contributed by atoms with Crippen molar-refractivity contribution in [1.82, 2.24) is 9.29 Å². The maximum Gasteiger partial charge on any atom is 0.242 e. The summed E-state index contributed by atoms with van der Waals surface area (Å²) < 4.78 is 29.0. The molecule has 0 saturated heterocycles. The van der Waals surface area contributed by atoms with Crippen LogP contribution in [0, 0.1) is 11.8 Å². The smallest absolute Gasteiger partial charge is 0.242 e. The van der Waals surface area contributed by atoms with Crippen molar-refractivity contribution in [2.24, 2.45) is 11.8 Å². The lowest BCUT2D eigenvalue weighted by Gasteiger charge is -2.11. The Hall–Kier alpha value is -0.850. The van der Waals surface area contributed by atoms with Gasteiger partial charge in [0.15, 0.2) is 0 Å². The molecule has 1 aliphatic carbocycles. The Bertz CT molecular complexity index is 559. The predicted octanol–water partition coefficient (Wildman–Crippen LogP) is 1.89. The number of hydrogen-bond donors (Lipinski definition) is 2. The third-order valence-corrected chi connectivity index (χ3v) is 5.35. The van der Waals surface area contributed by atoms with Crippen molar-refractivity contribution in [3.05, 3.63) is 18.0 Å². The van der Waals surface area contributed by atoms with E-state index in [1.807, 2.05) is 13.8 Å². The first-order chi connectivity index (χ1) is 9.35. The van der Waals surface area contributed by atoms with Gasteiger partial charge in [0.25, 0.3) is 0 Å². The summed E-state index contributed by atoms with van der Waals surface area (Å²) in [6.07, 6.45) is 4.02. The minimum Gasteiger partial charge on any atom is -0.390 e. The van der Waals surface area contributed by atoms with Crippen LogP contribution in [0.15, 0.2) is 17.2 Å². The Morgan fingerprint density at radius 3 is 2.50 bits per heavy atom. The molecule has 0 amide bonds. The molecule has 0 aromatic carbocycles. The van der Waals surface area contributed by atoms with Gasteiger partial charge in [0.1, 0.15) is 0 Å². The van der Waals surface area contributed by atoms with Crippen molar-refractivity contribution in [3.8, 4) is 0 Å². The van der Waals surface area contributed by atoms with Crippen LogP contribution in [0.1, 0.15) is 45.3 Å². The number of aromatic nitrogens is 1. The van der Waals surface area contributed by atoms with Gasteiger partial charge in [0.2, 0.25) is 10.0 Å². The molecule has 1 saturated carbocycles. The Morgan fingerprint density at radius 2 is 2.05 bits per heavy atom. The van der Waals surface area contributed by atoms with Gasteiger partial charge >= 0.3 is 0 Å². The summed E-state index contributed by atoms with van der Waals surface area (Å²) in [6, 6.07) is 1.66. The molecule has 20 heavy (non-hydrogen) atoms. The third-order valence-electron chi connectivity index (χ3n) is 3.96. The molecule has 1 unspecified atom stereocenters. The highest BCUT2D eigenvalue weighted by Gasteiger charge is 2.29. The Balaban J connectivity index is 2.12. The van der Waals surface area contributed by atoms with Gasteiger partial charge in [-0.15, -0.1) is 0 Å². The molecule has 2 N–H and O–H groups in total. The van der Waals surface area contributed by atoms with E-state index in [4.69, 9.17) is 0 Å². The largest absolute Gasteiger partial charge is 0.390 e. The van der Waals surface area contributed by atoms with E-state index in [0.717, 1.165) is 0 Å². The molecule has 1 aromatic rings. The summed E-state index contributed by atoms with van der Waals surface area (Å²) in [5.74, 6) is 1.06. The van der Waals surface area contributed by atoms with Crippen LogP contribution >= 0.6 is 0 Å². The predicted molar refractivity (Wildman–Crippen MR) is 77.8 cm³/mol. The van der Waals surface area contributed by atoms with Gasteiger partial charge in [-0.2, -0.15) is 0 Å². The van der Waals surface area contributed by atoms with Gasteiger partial charge in [-0.25, -0.2) is 13.1 Å². The zero-order valence-corrected chi connectivity index (χ0v) is 13.2. The van der Waals surface area contributed by atoms with E-state index in [1.165, 1.54) is 12.8 Å². The van der Waals surface area contributed by atoms with E-state index in [0.29, 0.717) is 24.1 Å². The second-order valence-electron chi connectivity index (χ2n) is 5.99. The highest BCUT2D eigenvalue weighted by molar-refractivity contribution is 7.89. The Labute approximate surface area is 121 Å². The molecule has 1 aromatic heterocycles. The molecule has 5 nitrogen and oxygen atoms in total. The van der Waals surface area contributed by atoms with Crippen LogP contribution in [0.3, 0.4) is 0 Å². The topological polar surface area (TPSA) is 71.3 Å². The third kappa shape index (κ3) is 3.42. The number of aliphatic hydroxyl groups is 1. The first kappa shape index (κ1) is 15.5. The van der Waals surface area contributed by atoms with Crippen LogP contribution in [0.4, 0.5) is 0 Å². The van der Waals surface area contributed by atoms with Gasteiger partial charge < -0.3 is 9.67 Å². The number of rotatable bonds is 7. The van der Waals surface area contributed by atoms with E-state index >= 15 is 0 Å². The van der Waals surface area contributed by atoms with E-state index < -0.39 is 10.0 Å². The average molecular weight is 300 g/mol. The van der Waals surface area contributed by atoms with E-state index in [2.05, 4.69) is 11.6 Å². The monoisotopic (exact) mass is 300 g/mol. The fourth-order valence-electron chi connectivity index (χ4n) is 2.41. The average Bonchev–Trinajstić information content (AvgIpc) is 3.13. The van der Waals surface area contributed by atoms with Crippen LogP contribution in [0.2, 0.25) is 0 Å². The van der Waals surface area contributed by atoms with E-state index in [9.17, 15) is 13.5 Å². The molecule has 0 bridgehead atoms. The van der Waals surface area contributed by atoms with Gasteiger partial charge in [-0.1, -0.05) is 6.92 Å². The van der Waals surface area contributed by atoms with E-state index in [-0.39, 0.29) is 17.5 Å². The fraction of sp³-hybridized carbons (Fsp3) is 0.714. The van der Waals surface area contributed by atoms with Crippen molar-refractivity contribution in [3.63, 3.8) is 0 Å². The molecule has 2 rings (SSSR count). The first-order valence-electron chi connectivity index (χ1n) is 7.16. The number of hydrogen-bond acceptors (Lipinski definition) is 3. The Morgan fingerprint density at radius 1 is 1.40 bits per heavy atom. The summed E-state index contributed by atoms with van der Waals surface area (Å²) in [7, 11) is -3.49. The molecule has 1 aliphatic rings. The van der Waals surface area contributed by atoms with Crippen LogP contribution < -0.4 is 4.72 Å². The lowest BCUT2D eigenvalue weighted by atomic mass is 10.1. The van der Waals surface area contributed by atoms with Crippen molar-refractivity contribution in [2.75, 3.05) is 6.54 Å². The minimum absolute atomic E-state index is 0.117. The summed E-state index contributed by atoms with van der Waals surface area (Å²) >= 11 is 0. The van der Waals surface area contributed by atoms with Gasteiger partial charge in [-0.3, -0.25) is 0 Å².